The number of aromatic nitrogens is 2. The van der Waals surface area contributed by atoms with Crippen LogP contribution in [0, 0.1) is 6.92 Å². The Kier molecular flexibility index (Phi) is 2.87. The predicted octanol–water partition coefficient (Wildman–Crippen LogP) is 2.70. The summed E-state index contributed by atoms with van der Waals surface area (Å²) >= 11 is 1.89. The Labute approximate surface area is 145 Å². The summed E-state index contributed by atoms with van der Waals surface area (Å²) < 4.78 is 0. The third-order valence-electron chi connectivity index (χ3n) is 5.47. The van der Waals surface area contributed by atoms with Gasteiger partial charge in [0, 0.05) is 23.3 Å². The summed E-state index contributed by atoms with van der Waals surface area (Å²) in [6, 6.07) is 1.98. The van der Waals surface area contributed by atoms with E-state index in [2.05, 4.69) is 17.1 Å². The van der Waals surface area contributed by atoms with Crippen molar-refractivity contribution in [3.8, 4) is 0 Å². The number of aryl methyl sites for hydroxylation is 1. The average molecular weight is 340 g/mol. The van der Waals surface area contributed by atoms with E-state index in [1.165, 1.54) is 28.4 Å². The largest absolute Gasteiger partial charge is 0.351 e. The van der Waals surface area contributed by atoms with Crippen molar-refractivity contribution >= 4 is 23.1 Å². The van der Waals surface area contributed by atoms with E-state index in [-0.39, 0.29) is 5.91 Å². The number of fused-ring (bicyclic) bond motifs is 2. The lowest BCUT2D eigenvalue weighted by Crippen LogP contribution is -2.31. The smallest absolute Gasteiger partial charge is 0.253 e. The first-order valence-corrected chi connectivity index (χ1v) is 9.38. The van der Waals surface area contributed by atoms with Crippen LogP contribution in [0.1, 0.15) is 57.0 Å². The van der Waals surface area contributed by atoms with E-state index in [1.54, 1.807) is 0 Å². The number of carbonyl (C=O) groups is 1. The van der Waals surface area contributed by atoms with E-state index in [9.17, 15) is 4.79 Å². The third-order valence-corrected chi connectivity index (χ3v) is 6.86. The van der Waals surface area contributed by atoms with Gasteiger partial charge in [0.25, 0.3) is 5.91 Å². The summed E-state index contributed by atoms with van der Waals surface area (Å²) in [6.45, 7) is 6.75. The molecule has 4 heterocycles. The summed E-state index contributed by atoms with van der Waals surface area (Å²) in [5, 5.41) is 4.18. The molecule has 1 aliphatic carbocycles. The Hall–Kier alpha value is -1.95. The van der Waals surface area contributed by atoms with Crippen molar-refractivity contribution in [3.63, 3.8) is 0 Å². The molecule has 6 heteroatoms. The summed E-state index contributed by atoms with van der Waals surface area (Å²) in [5.74, 6) is 1.02. The Morgan fingerprint density at radius 1 is 1.29 bits per heavy atom. The topological polar surface area (TPSA) is 58.1 Å². The van der Waals surface area contributed by atoms with Gasteiger partial charge in [-0.25, -0.2) is 9.97 Å². The molecule has 1 amide bonds. The van der Waals surface area contributed by atoms with Crippen molar-refractivity contribution in [2.24, 2.45) is 0 Å². The van der Waals surface area contributed by atoms with Gasteiger partial charge in [0.2, 0.25) is 0 Å². The molecule has 0 spiro atoms. The van der Waals surface area contributed by atoms with Crippen LogP contribution in [0.15, 0.2) is 6.07 Å². The quantitative estimate of drug-likeness (QED) is 0.913. The number of nitrogens with zero attached hydrogens (tertiary/aromatic N) is 3. The van der Waals surface area contributed by atoms with Crippen molar-refractivity contribution in [2.45, 2.75) is 51.6 Å². The van der Waals surface area contributed by atoms with Crippen LogP contribution in [0.2, 0.25) is 0 Å². The molecule has 2 aromatic rings. The van der Waals surface area contributed by atoms with Crippen LogP contribution in [0.3, 0.4) is 0 Å². The molecular formula is C18H20N4OS. The monoisotopic (exact) mass is 340 g/mol. The van der Waals surface area contributed by atoms with E-state index in [0.717, 1.165) is 42.1 Å². The molecule has 24 heavy (non-hydrogen) atoms. The molecule has 0 unspecified atom stereocenters. The lowest BCUT2D eigenvalue weighted by atomic mass is 10.1. The average Bonchev–Trinajstić information content (AvgIpc) is 3.03. The van der Waals surface area contributed by atoms with E-state index in [4.69, 9.17) is 9.97 Å². The molecule has 3 aliphatic rings. The first-order chi connectivity index (χ1) is 11.5. The molecule has 0 bridgehead atoms. The number of nitrogens with one attached hydrogen (secondary N) is 1. The van der Waals surface area contributed by atoms with Crippen LogP contribution in [0.25, 0.3) is 0 Å². The van der Waals surface area contributed by atoms with Gasteiger partial charge in [0.15, 0.2) is 0 Å². The maximum absolute atomic E-state index is 11.8. The summed E-state index contributed by atoms with van der Waals surface area (Å²) in [5.41, 5.74) is 4.32. The second-order valence-electron chi connectivity index (χ2n) is 7.43. The molecule has 124 valence electrons. The summed E-state index contributed by atoms with van der Waals surface area (Å²) in [6.07, 6.45) is 3.53. The third kappa shape index (κ3) is 2.09. The van der Waals surface area contributed by atoms with Gasteiger partial charge < -0.3 is 10.2 Å². The molecule has 0 atom stereocenters. The van der Waals surface area contributed by atoms with Crippen molar-refractivity contribution < 1.29 is 4.79 Å². The van der Waals surface area contributed by atoms with Crippen molar-refractivity contribution in [3.05, 3.63) is 38.5 Å². The Bertz CT molecular complexity index is 868. The zero-order valence-electron chi connectivity index (χ0n) is 14.0. The van der Waals surface area contributed by atoms with E-state index in [0.29, 0.717) is 12.0 Å². The van der Waals surface area contributed by atoms with Crippen LogP contribution in [-0.2, 0) is 24.9 Å². The van der Waals surface area contributed by atoms with Gasteiger partial charge in [-0.3, -0.25) is 4.79 Å². The van der Waals surface area contributed by atoms with Gasteiger partial charge in [0.1, 0.15) is 5.82 Å². The SMILES string of the molecule is Cc1cc2c(nc1N1CCc3nc(C4(C)CC4)sc3C1)CNC2=O. The minimum atomic E-state index is -0.00198. The zero-order chi connectivity index (χ0) is 16.5. The summed E-state index contributed by atoms with van der Waals surface area (Å²) in [4.78, 5) is 25.2. The van der Waals surface area contributed by atoms with E-state index in [1.807, 2.05) is 24.3 Å². The summed E-state index contributed by atoms with van der Waals surface area (Å²) in [7, 11) is 0. The van der Waals surface area contributed by atoms with Gasteiger partial charge in [-0.2, -0.15) is 0 Å². The van der Waals surface area contributed by atoms with Gasteiger partial charge in [-0.05, 0) is 31.4 Å². The normalized spacial score (nSPS) is 20.6. The minimum absolute atomic E-state index is 0.00198. The Balaban J connectivity index is 1.47. The maximum atomic E-state index is 11.8. The number of thiazole rings is 1. The molecule has 0 radical (unpaired) electrons. The van der Waals surface area contributed by atoms with Gasteiger partial charge in [0.05, 0.1) is 35.0 Å². The number of anilines is 1. The molecular weight excluding hydrogens is 320 g/mol. The lowest BCUT2D eigenvalue weighted by Gasteiger charge is -2.28. The van der Waals surface area contributed by atoms with Crippen LogP contribution < -0.4 is 10.2 Å². The lowest BCUT2D eigenvalue weighted by molar-refractivity contribution is 0.0965. The van der Waals surface area contributed by atoms with E-state index >= 15 is 0 Å². The minimum Gasteiger partial charge on any atom is -0.351 e. The standard InChI is InChI=1S/C18H20N4OS/c1-10-7-11-13(8-19-16(11)23)20-15(10)22-6-3-12-14(9-22)24-17(21-12)18(2)4-5-18/h7H,3-6,8-9H2,1-2H3,(H,19,23). The fourth-order valence-electron chi connectivity index (χ4n) is 3.59. The number of hydrogen-bond acceptors (Lipinski definition) is 5. The highest BCUT2D eigenvalue weighted by Crippen LogP contribution is 2.49. The van der Waals surface area contributed by atoms with Crippen LogP contribution in [-0.4, -0.2) is 22.4 Å². The highest BCUT2D eigenvalue weighted by atomic mass is 32.1. The van der Waals surface area contributed by atoms with Crippen LogP contribution in [0.5, 0.6) is 0 Å². The zero-order valence-corrected chi connectivity index (χ0v) is 14.8. The number of rotatable bonds is 2. The first kappa shape index (κ1) is 14.4. The van der Waals surface area contributed by atoms with Gasteiger partial charge >= 0.3 is 0 Å². The number of amides is 1. The second-order valence-corrected chi connectivity index (χ2v) is 8.51. The number of pyridine rings is 1. The van der Waals surface area contributed by atoms with Gasteiger partial charge in [-0.1, -0.05) is 6.92 Å². The van der Waals surface area contributed by atoms with Crippen LogP contribution >= 0.6 is 11.3 Å². The highest BCUT2D eigenvalue weighted by molar-refractivity contribution is 7.12. The Morgan fingerprint density at radius 3 is 2.92 bits per heavy atom. The Morgan fingerprint density at radius 2 is 2.12 bits per heavy atom. The molecule has 0 aromatic carbocycles. The second kappa shape index (κ2) is 4.79. The molecule has 2 aromatic heterocycles. The van der Waals surface area contributed by atoms with Crippen molar-refractivity contribution in [2.75, 3.05) is 11.4 Å². The predicted molar refractivity (Wildman–Crippen MR) is 93.6 cm³/mol. The fraction of sp³-hybridized carbons (Fsp3) is 0.500. The fourth-order valence-corrected chi connectivity index (χ4v) is 4.91. The van der Waals surface area contributed by atoms with E-state index < -0.39 is 0 Å². The highest BCUT2D eigenvalue weighted by Gasteiger charge is 2.42. The van der Waals surface area contributed by atoms with Crippen molar-refractivity contribution in [1.82, 2.24) is 15.3 Å². The number of hydrogen-bond donors (Lipinski definition) is 1. The molecule has 5 rings (SSSR count). The maximum Gasteiger partial charge on any atom is 0.253 e. The first-order valence-electron chi connectivity index (χ1n) is 8.56. The molecule has 2 aliphatic heterocycles. The molecule has 1 fully saturated rings. The molecule has 1 N–H and O–H groups in total. The molecule has 1 saturated carbocycles. The van der Waals surface area contributed by atoms with Gasteiger partial charge in [-0.15, -0.1) is 11.3 Å². The van der Waals surface area contributed by atoms with Crippen molar-refractivity contribution in [1.29, 1.82) is 0 Å². The molecule has 0 saturated heterocycles. The number of carbonyl (C=O) groups excluding carboxylic acids is 1. The van der Waals surface area contributed by atoms with Crippen LogP contribution in [0.4, 0.5) is 5.82 Å². The molecule has 5 nitrogen and oxygen atoms in total.